The smallest absolute Gasteiger partial charge is 0.319 e. The molecule has 0 bridgehead atoms. The van der Waals surface area contributed by atoms with Crippen LogP contribution in [-0.2, 0) is 4.74 Å². The van der Waals surface area contributed by atoms with Gasteiger partial charge in [-0.15, -0.1) is 24.8 Å². The van der Waals surface area contributed by atoms with Crippen molar-refractivity contribution in [3.8, 4) is 0 Å². The summed E-state index contributed by atoms with van der Waals surface area (Å²) in [4.78, 5) is 20.9. The summed E-state index contributed by atoms with van der Waals surface area (Å²) in [6.45, 7) is 2.37. The molecule has 1 aromatic heterocycles. The van der Waals surface area contributed by atoms with Crippen molar-refractivity contribution in [3.63, 3.8) is 0 Å². The van der Waals surface area contributed by atoms with Gasteiger partial charge in [-0.3, -0.25) is 4.90 Å². The van der Waals surface area contributed by atoms with E-state index in [1.54, 1.807) is 6.20 Å². The quantitative estimate of drug-likeness (QED) is 0.445. The van der Waals surface area contributed by atoms with E-state index in [0.717, 1.165) is 18.0 Å². The van der Waals surface area contributed by atoms with E-state index in [1.807, 2.05) is 18.2 Å². The van der Waals surface area contributed by atoms with Crippen LogP contribution in [0.15, 0.2) is 42.6 Å². The molecule has 0 unspecified atom stereocenters. The van der Waals surface area contributed by atoms with Crippen molar-refractivity contribution in [3.05, 3.63) is 54.2 Å². The lowest BCUT2D eigenvalue weighted by Crippen LogP contribution is -2.57. The SMILES string of the molecule is Cl.Cl.O=C(NC[C@H]1O[C@@H](CO)[C@@H](O)[C@H]1N1CCN(c2ccccn2)CC1)Nc1ccc(F)cc1F. The molecule has 4 rings (SSSR count). The molecule has 2 fully saturated rings. The van der Waals surface area contributed by atoms with E-state index in [1.165, 1.54) is 0 Å². The van der Waals surface area contributed by atoms with Gasteiger partial charge in [0.2, 0.25) is 0 Å². The highest BCUT2D eigenvalue weighted by Gasteiger charge is 2.46. The van der Waals surface area contributed by atoms with E-state index < -0.39 is 42.0 Å². The zero-order valence-electron chi connectivity index (χ0n) is 18.7. The molecule has 35 heavy (non-hydrogen) atoms. The second-order valence-electron chi connectivity index (χ2n) is 8.05. The average Bonchev–Trinajstić information content (AvgIpc) is 3.15. The van der Waals surface area contributed by atoms with Gasteiger partial charge in [0.25, 0.3) is 0 Å². The summed E-state index contributed by atoms with van der Waals surface area (Å²) in [6.07, 6.45) is -0.538. The van der Waals surface area contributed by atoms with Crippen LogP contribution in [-0.4, -0.2) is 89.8 Å². The zero-order chi connectivity index (χ0) is 23.4. The van der Waals surface area contributed by atoms with E-state index in [4.69, 9.17) is 4.74 Å². The van der Waals surface area contributed by atoms with Crippen LogP contribution in [0.5, 0.6) is 0 Å². The number of benzene rings is 1. The molecule has 0 saturated carbocycles. The number of anilines is 2. The van der Waals surface area contributed by atoms with E-state index in [-0.39, 0.29) is 43.7 Å². The molecule has 2 aliphatic heterocycles. The lowest BCUT2D eigenvalue weighted by molar-refractivity contribution is -0.0205. The Labute approximate surface area is 214 Å². The Balaban J connectivity index is 0.00000216. The number of piperazine rings is 1. The Hall–Kier alpha value is -2.28. The third-order valence-electron chi connectivity index (χ3n) is 5.99. The number of aromatic nitrogens is 1. The number of pyridine rings is 1. The lowest BCUT2D eigenvalue weighted by Gasteiger charge is -2.40. The lowest BCUT2D eigenvalue weighted by atomic mass is 10.0. The maximum absolute atomic E-state index is 13.8. The highest BCUT2D eigenvalue weighted by molar-refractivity contribution is 5.89. The van der Waals surface area contributed by atoms with Crippen LogP contribution in [0.25, 0.3) is 0 Å². The van der Waals surface area contributed by atoms with Crippen LogP contribution in [0.4, 0.5) is 25.1 Å². The number of hydrogen-bond donors (Lipinski definition) is 4. The number of rotatable bonds is 6. The third kappa shape index (κ3) is 6.90. The number of ether oxygens (including phenoxy) is 1. The minimum Gasteiger partial charge on any atom is -0.394 e. The van der Waals surface area contributed by atoms with Gasteiger partial charge in [0.05, 0.1) is 24.4 Å². The van der Waals surface area contributed by atoms with E-state index in [0.29, 0.717) is 32.2 Å². The number of nitrogens with zero attached hydrogens (tertiary/aromatic N) is 3. The molecular weight excluding hydrogens is 507 g/mol. The number of halogens is 4. The van der Waals surface area contributed by atoms with Crippen molar-refractivity contribution in [1.82, 2.24) is 15.2 Å². The molecule has 2 aliphatic rings. The highest BCUT2D eigenvalue weighted by Crippen LogP contribution is 2.27. The summed E-state index contributed by atoms with van der Waals surface area (Å²) >= 11 is 0. The molecule has 2 saturated heterocycles. The fourth-order valence-corrected chi connectivity index (χ4v) is 4.34. The van der Waals surface area contributed by atoms with Gasteiger partial charge in [0, 0.05) is 45.0 Å². The van der Waals surface area contributed by atoms with E-state index in [9.17, 15) is 23.8 Å². The van der Waals surface area contributed by atoms with Crippen molar-refractivity contribution >= 4 is 42.4 Å². The fourth-order valence-electron chi connectivity index (χ4n) is 4.34. The Morgan fingerprint density at radius 2 is 1.86 bits per heavy atom. The molecular formula is C22H29Cl2F2N5O4. The first-order chi connectivity index (χ1) is 16.0. The minimum atomic E-state index is -0.930. The molecule has 13 heteroatoms. The van der Waals surface area contributed by atoms with Crippen LogP contribution in [0.2, 0.25) is 0 Å². The number of hydrogen-bond acceptors (Lipinski definition) is 7. The van der Waals surface area contributed by atoms with Crippen LogP contribution < -0.4 is 15.5 Å². The summed E-state index contributed by atoms with van der Waals surface area (Å²) < 4.78 is 32.6. The summed E-state index contributed by atoms with van der Waals surface area (Å²) in [5.74, 6) is -0.744. The van der Waals surface area contributed by atoms with Gasteiger partial charge in [-0.2, -0.15) is 0 Å². The number of carbonyl (C=O) groups is 1. The summed E-state index contributed by atoms with van der Waals surface area (Å²) in [6, 6.07) is 7.46. The number of nitrogens with one attached hydrogen (secondary N) is 2. The van der Waals surface area contributed by atoms with Gasteiger partial charge in [0.1, 0.15) is 29.7 Å². The molecule has 3 heterocycles. The van der Waals surface area contributed by atoms with E-state index >= 15 is 0 Å². The number of aliphatic hydroxyl groups is 2. The van der Waals surface area contributed by atoms with Gasteiger partial charge in [-0.25, -0.2) is 18.6 Å². The molecule has 0 radical (unpaired) electrons. The van der Waals surface area contributed by atoms with Crippen LogP contribution >= 0.6 is 24.8 Å². The normalized spacial score (nSPS) is 24.3. The maximum atomic E-state index is 13.8. The monoisotopic (exact) mass is 535 g/mol. The third-order valence-corrected chi connectivity index (χ3v) is 5.99. The largest absolute Gasteiger partial charge is 0.394 e. The minimum absolute atomic E-state index is 0. The average molecular weight is 536 g/mol. The summed E-state index contributed by atoms with van der Waals surface area (Å²) in [7, 11) is 0. The Kier molecular flexibility index (Phi) is 10.9. The van der Waals surface area contributed by atoms with Crippen LogP contribution in [0.1, 0.15) is 0 Å². The topological polar surface area (TPSA) is 110 Å². The predicted octanol–water partition coefficient (Wildman–Crippen LogP) is 1.64. The molecule has 0 aliphatic carbocycles. The zero-order valence-corrected chi connectivity index (χ0v) is 20.4. The summed E-state index contributed by atoms with van der Waals surface area (Å²) in [5, 5.41) is 25.3. The first-order valence-electron chi connectivity index (χ1n) is 10.8. The van der Waals surface area contributed by atoms with Gasteiger partial charge < -0.3 is 30.5 Å². The fraction of sp³-hybridized carbons (Fsp3) is 0.455. The number of urea groups is 1. The van der Waals surface area contributed by atoms with Crippen LogP contribution in [0, 0.1) is 11.6 Å². The van der Waals surface area contributed by atoms with Crippen molar-refractivity contribution in [2.45, 2.75) is 24.4 Å². The molecule has 4 atom stereocenters. The van der Waals surface area contributed by atoms with Gasteiger partial charge >= 0.3 is 6.03 Å². The second kappa shape index (κ2) is 13.1. The molecule has 9 nitrogen and oxygen atoms in total. The molecule has 0 spiro atoms. The standard InChI is InChI=1S/C22H27F2N5O4.2ClH/c23-14-4-5-16(15(24)11-14)27-22(32)26-12-17-20(21(31)18(13-30)33-17)29-9-7-28(8-10-29)19-3-1-2-6-25-19;;/h1-6,11,17-18,20-21,30-31H,7-10,12-13H2,(H2,26,27,32);2*1H/t17-,18+,20+,21-;;/m1../s1. The number of amides is 2. The van der Waals surface area contributed by atoms with Gasteiger partial charge in [-0.05, 0) is 24.3 Å². The van der Waals surface area contributed by atoms with Gasteiger partial charge in [-0.1, -0.05) is 6.07 Å². The highest BCUT2D eigenvalue weighted by atomic mass is 35.5. The number of carbonyl (C=O) groups excluding carboxylic acids is 1. The van der Waals surface area contributed by atoms with Crippen molar-refractivity contribution in [2.75, 3.05) is 49.5 Å². The Morgan fingerprint density at radius 1 is 1.11 bits per heavy atom. The first kappa shape index (κ1) is 29.0. The second-order valence-corrected chi connectivity index (χ2v) is 8.05. The van der Waals surface area contributed by atoms with Gasteiger partial charge in [0.15, 0.2) is 0 Å². The van der Waals surface area contributed by atoms with Crippen LogP contribution in [0.3, 0.4) is 0 Å². The molecule has 2 aromatic rings. The predicted molar refractivity (Wildman–Crippen MR) is 131 cm³/mol. The Morgan fingerprint density at radius 3 is 2.49 bits per heavy atom. The Bertz CT molecular complexity index is 957. The van der Waals surface area contributed by atoms with E-state index in [2.05, 4.69) is 25.4 Å². The van der Waals surface area contributed by atoms with Crippen molar-refractivity contribution < 1.29 is 28.5 Å². The van der Waals surface area contributed by atoms with Crippen molar-refractivity contribution in [1.29, 1.82) is 0 Å². The molecule has 4 N–H and O–H groups in total. The maximum Gasteiger partial charge on any atom is 0.319 e. The first-order valence-corrected chi connectivity index (χ1v) is 10.8. The number of aliphatic hydroxyl groups excluding tert-OH is 2. The molecule has 1 aromatic carbocycles. The molecule has 2 amide bonds. The summed E-state index contributed by atoms with van der Waals surface area (Å²) in [5.41, 5.74) is -0.156. The van der Waals surface area contributed by atoms with Crippen molar-refractivity contribution in [2.24, 2.45) is 0 Å². The molecule has 194 valence electrons.